The van der Waals surface area contributed by atoms with Crippen LogP contribution in [0, 0.1) is 13.8 Å². The van der Waals surface area contributed by atoms with Crippen LogP contribution in [0.5, 0.6) is 0 Å². The Labute approximate surface area is 121 Å². The Morgan fingerprint density at radius 2 is 1.84 bits per heavy atom. The minimum atomic E-state index is 0.710. The Morgan fingerprint density at radius 3 is 2.47 bits per heavy atom. The second kappa shape index (κ2) is 5.93. The van der Waals surface area contributed by atoms with Gasteiger partial charge >= 0.3 is 0 Å². The number of aromatic nitrogens is 2. The van der Waals surface area contributed by atoms with E-state index in [9.17, 15) is 0 Å². The predicted molar refractivity (Wildman–Crippen MR) is 81.5 cm³/mol. The number of hydrogen-bond acceptors (Lipinski definition) is 4. The molecule has 0 aliphatic rings. The molecule has 0 aliphatic heterocycles. The summed E-state index contributed by atoms with van der Waals surface area (Å²) in [6.45, 7) is 5.76. The van der Waals surface area contributed by atoms with Gasteiger partial charge < -0.3 is 0 Å². The first-order valence-corrected chi connectivity index (χ1v) is 6.72. The highest BCUT2D eigenvalue weighted by Crippen LogP contribution is 2.12. The molecule has 1 aromatic carbocycles. The highest BCUT2D eigenvalue weighted by atomic mass is 79.9. The minimum absolute atomic E-state index is 0.710. The molecule has 0 amide bonds. The number of benzene rings is 1. The quantitative estimate of drug-likeness (QED) is 0.693. The summed E-state index contributed by atoms with van der Waals surface area (Å²) >= 11 is 3.41. The summed E-state index contributed by atoms with van der Waals surface area (Å²) in [5, 5.41) is 4.34. The molecule has 1 aromatic heterocycles. The molecule has 0 saturated carbocycles. The summed E-state index contributed by atoms with van der Waals surface area (Å²) in [6, 6.07) is 9.88. The van der Waals surface area contributed by atoms with E-state index >= 15 is 0 Å². The third-order valence-electron chi connectivity index (χ3n) is 2.57. The van der Waals surface area contributed by atoms with E-state index in [1.165, 1.54) is 0 Å². The maximum atomic E-state index is 4.34. The molecular formula is C14H15BrN4. The number of nitrogens with one attached hydrogen (secondary N) is 1. The second-order valence-corrected chi connectivity index (χ2v) is 5.17. The van der Waals surface area contributed by atoms with Crippen molar-refractivity contribution >= 4 is 27.5 Å². The van der Waals surface area contributed by atoms with Gasteiger partial charge in [0.15, 0.2) is 0 Å². The summed E-state index contributed by atoms with van der Waals surface area (Å²) in [5.74, 6) is 1.44. The van der Waals surface area contributed by atoms with Crippen LogP contribution in [0.15, 0.2) is 39.9 Å². The molecule has 0 unspecified atom stereocenters. The molecule has 2 rings (SSSR count). The predicted octanol–water partition coefficient (Wildman–Crippen LogP) is 3.69. The van der Waals surface area contributed by atoms with Gasteiger partial charge in [-0.1, -0.05) is 28.1 Å². The van der Waals surface area contributed by atoms with Crippen LogP contribution >= 0.6 is 15.9 Å². The van der Waals surface area contributed by atoms with Crippen molar-refractivity contribution in [2.45, 2.75) is 20.8 Å². The first kappa shape index (κ1) is 13.7. The van der Waals surface area contributed by atoms with Gasteiger partial charge in [-0.3, -0.25) is 5.43 Å². The second-order valence-electron chi connectivity index (χ2n) is 4.26. The van der Waals surface area contributed by atoms with E-state index < -0.39 is 0 Å². The molecule has 19 heavy (non-hydrogen) atoms. The highest BCUT2D eigenvalue weighted by Gasteiger charge is 1.99. The fourth-order valence-corrected chi connectivity index (χ4v) is 1.94. The monoisotopic (exact) mass is 318 g/mol. The molecule has 1 N–H and O–H groups in total. The average molecular weight is 319 g/mol. The Kier molecular flexibility index (Phi) is 4.27. The van der Waals surface area contributed by atoms with Gasteiger partial charge in [0.25, 0.3) is 0 Å². The first-order chi connectivity index (χ1) is 9.04. The molecule has 5 heteroatoms. The zero-order valence-corrected chi connectivity index (χ0v) is 12.7. The van der Waals surface area contributed by atoms with Crippen LogP contribution < -0.4 is 5.43 Å². The number of rotatable bonds is 3. The number of anilines is 1. The molecule has 0 fully saturated rings. The average Bonchev–Trinajstić information content (AvgIpc) is 2.36. The molecule has 0 spiro atoms. The topological polar surface area (TPSA) is 50.2 Å². The number of nitrogens with zero attached hydrogens (tertiary/aromatic N) is 3. The third kappa shape index (κ3) is 3.86. The van der Waals surface area contributed by atoms with Crippen molar-refractivity contribution in [3.8, 4) is 0 Å². The molecule has 0 aliphatic carbocycles. The van der Waals surface area contributed by atoms with Gasteiger partial charge in [0.05, 0.1) is 5.71 Å². The lowest BCUT2D eigenvalue weighted by atomic mass is 10.1. The summed E-state index contributed by atoms with van der Waals surface area (Å²) in [6.07, 6.45) is 0. The normalized spacial score (nSPS) is 11.5. The maximum absolute atomic E-state index is 4.34. The summed E-state index contributed by atoms with van der Waals surface area (Å²) in [5.41, 5.74) is 5.86. The van der Waals surface area contributed by atoms with Crippen LogP contribution in [-0.4, -0.2) is 15.7 Å². The van der Waals surface area contributed by atoms with Gasteiger partial charge in [0.2, 0.25) is 0 Å². The van der Waals surface area contributed by atoms with Crippen molar-refractivity contribution < 1.29 is 0 Å². The maximum Gasteiger partial charge on any atom is 0.150 e. The standard InChI is InChI=1S/C14H15BrN4/c1-9-8-14(17-11(3)16-9)19-18-10(2)12-4-6-13(15)7-5-12/h4-8H,1-3H3,(H,16,17,19)/b18-10+. The summed E-state index contributed by atoms with van der Waals surface area (Å²) in [7, 11) is 0. The minimum Gasteiger partial charge on any atom is -0.261 e. The molecule has 98 valence electrons. The van der Waals surface area contributed by atoms with Crippen LogP contribution in [0.2, 0.25) is 0 Å². The van der Waals surface area contributed by atoms with E-state index in [0.29, 0.717) is 5.82 Å². The van der Waals surface area contributed by atoms with Crippen molar-refractivity contribution in [1.29, 1.82) is 0 Å². The molecule has 0 atom stereocenters. The van der Waals surface area contributed by atoms with Gasteiger partial charge in [-0.05, 0) is 38.5 Å². The molecule has 2 aromatic rings. The Bertz CT molecular complexity index is 585. The van der Waals surface area contributed by atoms with E-state index in [0.717, 1.165) is 27.3 Å². The lowest BCUT2D eigenvalue weighted by Gasteiger charge is -2.05. The lowest BCUT2D eigenvalue weighted by molar-refractivity contribution is 1.00. The fourth-order valence-electron chi connectivity index (χ4n) is 1.67. The molecule has 1 heterocycles. The van der Waals surface area contributed by atoms with Crippen molar-refractivity contribution in [3.63, 3.8) is 0 Å². The van der Waals surface area contributed by atoms with Gasteiger partial charge in [-0.25, -0.2) is 9.97 Å². The number of aryl methyl sites for hydroxylation is 2. The third-order valence-corrected chi connectivity index (χ3v) is 3.09. The van der Waals surface area contributed by atoms with E-state index in [1.54, 1.807) is 0 Å². The lowest BCUT2D eigenvalue weighted by Crippen LogP contribution is -2.02. The van der Waals surface area contributed by atoms with Crippen LogP contribution in [-0.2, 0) is 0 Å². The van der Waals surface area contributed by atoms with Crippen LogP contribution in [0.4, 0.5) is 5.82 Å². The van der Waals surface area contributed by atoms with Gasteiger partial charge in [-0.15, -0.1) is 0 Å². The summed E-state index contributed by atoms with van der Waals surface area (Å²) in [4.78, 5) is 8.50. The summed E-state index contributed by atoms with van der Waals surface area (Å²) < 4.78 is 1.05. The van der Waals surface area contributed by atoms with Crippen LogP contribution in [0.3, 0.4) is 0 Å². The van der Waals surface area contributed by atoms with Gasteiger partial charge in [0, 0.05) is 16.2 Å². The van der Waals surface area contributed by atoms with Crippen molar-refractivity contribution in [3.05, 3.63) is 51.9 Å². The van der Waals surface area contributed by atoms with Crippen molar-refractivity contribution in [2.75, 3.05) is 5.43 Å². The molecular weight excluding hydrogens is 304 g/mol. The van der Waals surface area contributed by atoms with E-state index in [4.69, 9.17) is 0 Å². The molecule has 0 radical (unpaired) electrons. The number of halogens is 1. The zero-order valence-electron chi connectivity index (χ0n) is 11.1. The smallest absolute Gasteiger partial charge is 0.150 e. The Balaban J connectivity index is 2.15. The molecule has 0 bridgehead atoms. The van der Waals surface area contributed by atoms with Crippen molar-refractivity contribution in [1.82, 2.24) is 9.97 Å². The van der Waals surface area contributed by atoms with E-state index in [-0.39, 0.29) is 0 Å². The van der Waals surface area contributed by atoms with E-state index in [2.05, 4.69) is 36.4 Å². The Morgan fingerprint density at radius 1 is 1.16 bits per heavy atom. The number of hydrogen-bond donors (Lipinski definition) is 1. The van der Waals surface area contributed by atoms with Crippen molar-refractivity contribution in [2.24, 2.45) is 5.10 Å². The van der Waals surface area contributed by atoms with E-state index in [1.807, 2.05) is 51.1 Å². The van der Waals surface area contributed by atoms with Gasteiger partial charge in [-0.2, -0.15) is 5.10 Å². The molecule has 4 nitrogen and oxygen atoms in total. The Hall–Kier alpha value is -1.75. The van der Waals surface area contributed by atoms with Crippen LogP contribution in [0.25, 0.3) is 0 Å². The SMILES string of the molecule is C/C(=N\Nc1cc(C)nc(C)n1)c1ccc(Br)cc1. The van der Waals surface area contributed by atoms with Crippen LogP contribution in [0.1, 0.15) is 24.0 Å². The fraction of sp³-hybridized carbons (Fsp3) is 0.214. The first-order valence-electron chi connectivity index (χ1n) is 5.93. The zero-order chi connectivity index (χ0) is 13.8. The largest absolute Gasteiger partial charge is 0.261 e. The van der Waals surface area contributed by atoms with Gasteiger partial charge in [0.1, 0.15) is 11.6 Å². The molecule has 0 saturated heterocycles. The highest BCUT2D eigenvalue weighted by molar-refractivity contribution is 9.10. The number of hydrazone groups is 1.